The first-order valence-corrected chi connectivity index (χ1v) is 6.64. The van der Waals surface area contributed by atoms with E-state index in [1.54, 1.807) is 0 Å². The van der Waals surface area contributed by atoms with Gasteiger partial charge in [0.1, 0.15) is 17.7 Å². The maximum absolute atomic E-state index is 13.2. The van der Waals surface area contributed by atoms with Crippen LogP contribution in [0.15, 0.2) is 18.2 Å². The van der Waals surface area contributed by atoms with E-state index >= 15 is 0 Å². The summed E-state index contributed by atoms with van der Waals surface area (Å²) in [5.74, 6) is 0.625. The van der Waals surface area contributed by atoms with Gasteiger partial charge in [0.05, 0.1) is 12.7 Å². The summed E-state index contributed by atoms with van der Waals surface area (Å²) < 4.78 is 18.8. The van der Waals surface area contributed by atoms with Crippen molar-refractivity contribution in [2.75, 3.05) is 12.4 Å². The molecule has 5 heteroatoms. The highest BCUT2D eigenvalue weighted by Crippen LogP contribution is 2.33. The molecule has 0 aromatic heterocycles. The van der Waals surface area contributed by atoms with Crippen molar-refractivity contribution >= 4 is 12.6 Å². The summed E-state index contributed by atoms with van der Waals surface area (Å²) in [7, 11) is 0. The smallest absolute Gasteiger partial charge is 0.125 e. The van der Waals surface area contributed by atoms with Gasteiger partial charge in [-0.3, -0.25) is 0 Å². The van der Waals surface area contributed by atoms with Crippen LogP contribution in [0.4, 0.5) is 4.39 Å². The standard InChI is InChI=1S/C13H17FO3S/c14-9-3-4-12(17-6-8-1-2-8)10(5-9)13(16)11(15)7-18/h3-5,8,11,13,15-16,18H,1-2,6-7H2. The zero-order valence-electron chi connectivity index (χ0n) is 9.92. The zero-order chi connectivity index (χ0) is 13.1. The van der Waals surface area contributed by atoms with Crippen molar-refractivity contribution in [3.05, 3.63) is 29.6 Å². The molecule has 2 rings (SSSR count). The van der Waals surface area contributed by atoms with Gasteiger partial charge < -0.3 is 14.9 Å². The first-order chi connectivity index (χ1) is 8.61. The fourth-order valence-corrected chi connectivity index (χ4v) is 1.88. The molecule has 0 amide bonds. The largest absolute Gasteiger partial charge is 0.493 e. The Balaban J connectivity index is 2.15. The van der Waals surface area contributed by atoms with Crippen LogP contribution in [-0.4, -0.2) is 28.7 Å². The number of aliphatic hydroxyl groups is 2. The predicted molar refractivity (Wildman–Crippen MR) is 69.4 cm³/mol. The lowest BCUT2D eigenvalue weighted by Gasteiger charge is -2.19. The maximum atomic E-state index is 13.2. The molecule has 1 aliphatic carbocycles. The van der Waals surface area contributed by atoms with Gasteiger partial charge in [0.15, 0.2) is 0 Å². The molecule has 1 aromatic carbocycles. The average molecular weight is 272 g/mol. The molecule has 0 heterocycles. The molecule has 3 nitrogen and oxygen atoms in total. The highest BCUT2D eigenvalue weighted by Gasteiger charge is 2.25. The molecule has 0 bridgehead atoms. The van der Waals surface area contributed by atoms with Gasteiger partial charge in [0.25, 0.3) is 0 Å². The summed E-state index contributed by atoms with van der Waals surface area (Å²) in [6, 6.07) is 3.96. The molecule has 18 heavy (non-hydrogen) atoms. The Morgan fingerprint density at radius 2 is 2.11 bits per heavy atom. The lowest BCUT2D eigenvalue weighted by Crippen LogP contribution is -2.20. The number of aliphatic hydroxyl groups excluding tert-OH is 2. The van der Waals surface area contributed by atoms with E-state index in [1.807, 2.05) is 0 Å². The van der Waals surface area contributed by atoms with Crippen LogP contribution in [0, 0.1) is 11.7 Å². The third kappa shape index (κ3) is 3.37. The Hall–Kier alpha value is -0.780. The van der Waals surface area contributed by atoms with Crippen molar-refractivity contribution in [1.82, 2.24) is 0 Å². The topological polar surface area (TPSA) is 49.7 Å². The second kappa shape index (κ2) is 5.91. The van der Waals surface area contributed by atoms with Gasteiger partial charge in [0, 0.05) is 11.3 Å². The predicted octanol–water partition coefficient (Wildman–Crippen LogP) is 1.94. The van der Waals surface area contributed by atoms with E-state index in [0.717, 1.165) is 12.8 Å². The first-order valence-electron chi connectivity index (χ1n) is 6.01. The van der Waals surface area contributed by atoms with Gasteiger partial charge in [0.2, 0.25) is 0 Å². The van der Waals surface area contributed by atoms with Crippen LogP contribution in [0.1, 0.15) is 24.5 Å². The number of thiol groups is 1. The highest BCUT2D eigenvalue weighted by molar-refractivity contribution is 7.80. The maximum Gasteiger partial charge on any atom is 0.125 e. The molecule has 2 atom stereocenters. The summed E-state index contributed by atoms with van der Waals surface area (Å²) in [5, 5.41) is 19.5. The third-order valence-corrected chi connectivity index (χ3v) is 3.39. The molecule has 2 unspecified atom stereocenters. The minimum atomic E-state index is -1.19. The number of hydrogen-bond acceptors (Lipinski definition) is 4. The van der Waals surface area contributed by atoms with Crippen molar-refractivity contribution in [2.24, 2.45) is 5.92 Å². The average Bonchev–Trinajstić information content (AvgIpc) is 3.19. The monoisotopic (exact) mass is 272 g/mol. The minimum absolute atomic E-state index is 0.0970. The Morgan fingerprint density at radius 3 is 2.72 bits per heavy atom. The van der Waals surface area contributed by atoms with Crippen molar-refractivity contribution in [2.45, 2.75) is 25.0 Å². The van der Waals surface area contributed by atoms with Crippen molar-refractivity contribution < 1.29 is 19.3 Å². The highest BCUT2D eigenvalue weighted by atomic mass is 32.1. The van der Waals surface area contributed by atoms with Crippen LogP contribution in [0.5, 0.6) is 5.75 Å². The molecule has 2 N–H and O–H groups in total. The molecule has 100 valence electrons. The van der Waals surface area contributed by atoms with E-state index in [0.29, 0.717) is 18.3 Å². The summed E-state index contributed by atoms with van der Waals surface area (Å²) in [4.78, 5) is 0. The molecule has 1 saturated carbocycles. The molecule has 0 spiro atoms. The Morgan fingerprint density at radius 1 is 1.39 bits per heavy atom. The van der Waals surface area contributed by atoms with E-state index in [1.165, 1.54) is 18.2 Å². The van der Waals surface area contributed by atoms with E-state index in [4.69, 9.17) is 4.74 Å². The summed E-state index contributed by atoms with van der Waals surface area (Å²) in [6.07, 6.45) is 0.0715. The van der Waals surface area contributed by atoms with Crippen molar-refractivity contribution in [3.8, 4) is 5.75 Å². The first kappa shape index (κ1) is 13.6. The van der Waals surface area contributed by atoms with Gasteiger partial charge >= 0.3 is 0 Å². The van der Waals surface area contributed by atoms with Crippen LogP contribution in [0.25, 0.3) is 0 Å². The van der Waals surface area contributed by atoms with Gasteiger partial charge in [-0.25, -0.2) is 4.39 Å². The van der Waals surface area contributed by atoms with Gasteiger partial charge in [-0.2, -0.15) is 12.6 Å². The molecule has 0 radical (unpaired) electrons. The van der Waals surface area contributed by atoms with Crippen molar-refractivity contribution in [3.63, 3.8) is 0 Å². The normalized spacial score (nSPS) is 18.4. The van der Waals surface area contributed by atoms with Crippen LogP contribution in [0.2, 0.25) is 0 Å². The minimum Gasteiger partial charge on any atom is -0.493 e. The van der Waals surface area contributed by atoms with E-state index in [9.17, 15) is 14.6 Å². The second-order valence-electron chi connectivity index (χ2n) is 4.63. The third-order valence-electron chi connectivity index (χ3n) is 3.01. The summed E-state index contributed by atoms with van der Waals surface area (Å²) in [5.41, 5.74) is 0.275. The van der Waals surface area contributed by atoms with Crippen LogP contribution >= 0.6 is 12.6 Å². The lowest BCUT2D eigenvalue weighted by molar-refractivity contribution is 0.0315. The van der Waals surface area contributed by atoms with Gasteiger partial charge in [-0.15, -0.1) is 0 Å². The van der Waals surface area contributed by atoms with Gasteiger partial charge in [-0.1, -0.05) is 0 Å². The Kier molecular flexibility index (Phi) is 4.48. The Bertz CT molecular complexity index is 409. The molecular formula is C13H17FO3S. The SMILES string of the molecule is OC(CS)C(O)c1cc(F)ccc1OCC1CC1. The number of rotatable bonds is 6. The van der Waals surface area contributed by atoms with E-state index in [2.05, 4.69) is 12.6 Å². The molecule has 0 aliphatic heterocycles. The molecule has 1 aromatic rings. The number of hydrogen-bond donors (Lipinski definition) is 3. The lowest BCUT2D eigenvalue weighted by atomic mass is 10.0. The van der Waals surface area contributed by atoms with Gasteiger partial charge in [-0.05, 0) is 37.0 Å². The molecule has 0 saturated heterocycles. The molecular weight excluding hydrogens is 255 g/mol. The second-order valence-corrected chi connectivity index (χ2v) is 5.00. The van der Waals surface area contributed by atoms with E-state index in [-0.39, 0.29) is 11.3 Å². The zero-order valence-corrected chi connectivity index (χ0v) is 10.8. The number of benzene rings is 1. The van der Waals surface area contributed by atoms with Crippen LogP contribution in [0.3, 0.4) is 0 Å². The number of halogens is 1. The van der Waals surface area contributed by atoms with Crippen LogP contribution in [-0.2, 0) is 0 Å². The Labute approximate surface area is 111 Å². The van der Waals surface area contributed by atoms with Crippen molar-refractivity contribution in [1.29, 1.82) is 0 Å². The van der Waals surface area contributed by atoms with E-state index < -0.39 is 18.0 Å². The molecule has 1 aliphatic rings. The number of ether oxygens (including phenoxy) is 1. The molecule has 1 fully saturated rings. The quantitative estimate of drug-likeness (QED) is 0.694. The summed E-state index contributed by atoms with van der Waals surface area (Å²) in [6.45, 7) is 0.572. The van der Waals surface area contributed by atoms with Crippen LogP contribution < -0.4 is 4.74 Å². The fourth-order valence-electron chi connectivity index (χ4n) is 1.68. The summed E-state index contributed by atoms with van der Waals surface area (Å²) >= 11 is 3.92. The fraction of sp³-hybridized carbons (Fsp3) is 0.538.